The van der Waals surface area contributed by atoms with Gasteiger partial charge in [0.2, 0.25) is 5.91 Å². The molecule has 3 aliphatic rings. The summed E-state index contributed by atoms with van der Waals surface area (Å²) in [7, 11) is 0. The van der Waals surface area contributed by atoms with E-state index < -0.39 is 0 Å². The summed E-state index contributed by atoms with van der Waals surface area (Å²) in [5, 5.41) is 3.47. The van der Waals surface area contributed by atoms with Crippen LogP contribution in [-0.4, -0.2) is 98.7 Å². The Morgan fingerprint density at radius 2 is 1.75 bits per heavy atom. The van der Waals surface area contributed by atoms with Crippen LogP contribution < -0.4 is 5.32 Å². The molecule has 2 aliphatic heterocycles. The lowest BCUT2D eigenvalue weighted by Gasteiger charge is -2.36. The highest BCUT2D eigenvalue weighted by atomic mass is 16.5. The third-order valence-electron chi connectivity index (χ3n) is 6.33. The van der Waals surface area contributed by atoms with Crippen molar-refractivity contribution in [2.45, 2.75) is 46.0 Å². The van der Waals surface area contributed by atoms with Gasteiger partial charge in [-0.05, 0) is 51.4 Å². The topological polar surface area (TPSA) is 60.4 Å². The van der Waals surface area contributed by atoms with E-state index in [4.69, 9.17) is 9.73 Å². The van der Waals surface area contributed by atoms with Gasteiger partial charge in [0.25, 0.3) is 0 Å². The highest BCUT2D eigenvalue weighted by Crippen LogP contribution is 2.49. The van der Waals surface area contributed by atoms with Crippen LogP contribution in [0.1, 0.15) is 46.0 Å². The van der Waals surface area contributed by atoms with E-state index >= 15 is 0 Å². The van der Waals surface area contributed by atoms with Gasteiger partial charge in [0, 0.05) is 65.6 Å². The van der Waals surface area contributed by atoms with Crippen molar-refractivity contribution in [1.82, 2.24) is 20.0 Å². The molecule has 7 nitrogen and oxygen atoms in total. The molecule has 0 bridgehead atoms. The lowest BCUT2D eigenvalue weighted by atomic mass is 10.0. The zero-order chi connectivity index (χ0) is 19.8. The first-order valence-corrected chi connectivity index (χ1v) is 11.3. The maximum atomic E-state index is 12.4. The highest BCUT2D eigenvalue weighted by Gasteiger charge is 2.42. The Morgan fingerprint density at radius 3 is 2.36 bits per heavy atom. The van der Waals surface area contributed by atoms with E-state index in [0.29, 0.717) is 17.9 Å². The van der Waals surface area contributed by atoms with Gasteiger partial charge in [0.05, 0.1) is 6.54 Å². The molecule has 7 heteroatoms. The first-order chi connectivity index (χ1) is 13.7. The molecule has 2 saturated heterocycles. The molecule has 0 radical (unpaired) electrons. The number of likely N-dealkylation sites (tertiary alicyclic amines) is 1. The summed E-state index contributed by atoms with van der Waals surface area (Å²) in [4.78, 5) is 24.0. The van der Waals surface area contributed by atoms with E-state index in [-0.39, 0.29) is 0 Å². The van der Waals surface area contributed by atoms with E-state index in [2.05, 4.69) is 29.0 Å². The molecule has 1 aliphatic carbocycles. The van der Waals surface area contributed by atoms with Crippen molar-refractivity contribution in [2.75, 3.05) is 72.1 Å². The number of carbonyl (C=O) groups excluding carboxylic acids is 1. The smallest absolute Gasteiger partial charge is 0.236 e. The van der Waals surface area contributed by atoms with Crippen LogP contribution in [0, 0.1) is 5.41 Å². The fraction of sp³-hybridized carbons (Fsp3) is 0.905. The second-order valence-corrected chi connectivity index (χ2v) is 8.47. The fourth-order valence-electron chi connectivity index (χ4n) is 4.14. The van der Waals surface area contributed by atoms with Crippen LogP contribution in [0.3, 0.4) is 0 Å². The molecule has 1 N–H and O–H groups in total. The predicted molar refractivity (Wildman–Crippen MR) is 113 cm³/mol. The van der Waals surface area contributed by atoms with Gasteiger partial charge in [0.1, 0.15) is 0 Å². The SMILES string of the molecule is CCNC(=NCC1(CCOCC)CC1)N1CCN(CC(=O)N2CCCC2)CC1. The monoisotopic (exact) mass is 393 g/mol. The van der Waals surface area contributed by atoms with Gasteiger partial charge in [-0.2, -0.15) is 0 Å². The number of carbonyl (C=O) groups is 1. The Morgan fingerprint density at radius 1 is 1.04 bits per heavy atom. The van der Waals surface area contributed by atoms with Crippen LogP contribution in [0.5, 0.6) is 0 Å². The van der Waals surface area contributed by atoms with Crippen molar-refractivity contribution in [3.8, 4) is 0 Å². The number of aliphatic imine (C=N–C) groups is 1. The highest BCUT2D eigenvalue weighted by molar-refractivity contribution is 5.80. The van der Waals surface area contributed by atoms with Crippen molar-refractivity contribution in [3.63, 3.8) is 0 Å². The number of hydrogen-bond acceptors (Lipinski definition) is 4. The molecule has 3 fully saturated rings. The maximum Gasteiger partial charge on any atom is 0.236 e. The molecule has 0 spiro atoms. The average molecular weight is 394 g/mol. The summed E-state index contributed by atoms with van der Waals surface area (Å²) in [5.74, 6) is 1.34. The number of nitrogens with zero attached hydrogens (tertiary/aromatic N) is 4. The van der Waals surface area contributed by atoms with Crippen molar-refractivity contribution >= 4 is 11.9 Å². The number of amides is 1. The van der Waals surface area contributed by atoms with Crippen molar-refractivity contribution in [3.05, 3.63) is 0 Å². The predicted octanol–water partition coefficient (Wildman–Crippen LogP) is 1.40. The number of nitrogens with one attached hydrogen (secondary N) is 1. The number of ether oxygens (including phenoxy) is 1. The Kier molecular flexibility index (Phi) is 7.97. The van der Waals surface area contributed by atoms with Crippen LogP contribution in [-0.2, 0) is 9.53 Å². The molecule has 0 aromatic rings. The van der Waals surface area contributed by atoms with Crippen molar-refractivity contribution < 1.29 is 9.53 Å². The zero-order valence-corrected chi connectivity index (χ0v) is 17.9. The quantitative estimate of drug-likeness (QED) is 0.365. The molecule has 1 amide bonds. The van der Waals surface area contributed by atoms with Crippen molar-refractivity contribution in [2.24, 2.45) is 10.4 Å². The second-order valence-electron chi connectivity index (χ2n) is 8.47. The maximum absolute atomic E-state index is 12.4. The summed E-state index contributed by atoms with van der Waals surface area (Å²) in [6, 6.07) is 0. The summed E-state index contributed by atoms with van der Waals surface area (Å²) in [5.41, 5.74) is 0.375. The molecule has 1 saturated carbocycles. The molecule has 160 valence electrons. The minimum atomic E-state index is 0.302. The van der Waals surface area contributed by atoms with Crippen LogP contribution in [0.2, 0.25) is 0 Å². The summed E-state index contributed by atoms with van der Waals surface area (Å²) in [6.07, 6.45) is 5.99. The van der Waals surface area contributed by atoms with Gasteiger partial charge in [0.15, 0.2) is 5.96 Å². The van der Waals surface area contributed by atoms with Gasteiger partial charge in [-0.1, -0.05) is 0 Å². The first kappa shape index (κ1) is 21.4. The van der Waals surface area contributed by atoms with Gasteiger partial charge in [-0.3, -0.25) is 14.7 Å². The van der Waals surface area contributed by atoms with Gasteiger partial charge >= 0.3 is 0 Å². The van der Waals surface area contributed by atoms with E-state index in [1.54, 1.807) is 0 Å². The third kappa shape index (κ3) is 6.08. The summed E-state index contributed by atoms with van der Waals surface area (Å²) in [6.45, 7) is 13.8. The van der Waals surface area contributed by atoms with Crippen LogP contribution >= 0.6 is 0 Å². The summed E-state index contributed by atoms with van der Waals surface area (Å²) < 4.78 is 5.55. The summed E-state index contributed by atoms with van der Waals surface area (Å²) >= 11 is 0. The Bertz CT molecular complexity index is 521. The number of hydrogen-bond donors (Lipinski definition) is 1. The molecule has 0 atom stereocenters. The molecular formula is C21H39N5O2. The van der Waals surface area contributed by atoms with E-state index in [1.165, 1.54) is 12.8 Å². The normalized spacial score (nSPS) is 22.6. The minimum Gasteiger partial charge on any atom is -0.382 e. The van der Waals surface area contributed by atoms with Crippen LogP contribution in [0.15, 0.2) is 4.99 Å². The van der Waals surface area contributed by atoms with E-state index in [0.717, 1.165) is 90.8 Å². The minimum absolute atomic E-state index is 0.302. The van der Waals surface area contributed by atoms with Crippen molar-refractivity contribution in [1.29, 1.82) is 0 Å². The lowest BCUT2D eigenvalue weighted by Crippen LogP contribution is -2.54. The van der Waals surface area contributed by atoms with Crippen LogP contribution in [0.4, 0.5) is 0 Å². The molecule has 3 rings (SSSR count). The first-order valence-electron chi connectivity index (χ1n) is 11.3. The fourth-order valence-corrected chi connectivity index (χ4v) is 4.14. The van der Waals surface area contributed by atoms with Crippen LogP contribution in [0.25, 0.3) is 0 Å². The zero-order valence-electron chi connectivity index (χ0n) is 17.9. The standard InChI is InChI=1S/C21H39N5O2/c1-3-22-20(23-18-21(7-8-21)9-16-28-4-2)26-14-12-24(13-15-26)17-19(27)25-10-5-6-11-25/h3-18H2,1-2H3,(H,22,23). The molecule has 0 unspecified atom stereocenters. The lowest BCUT2D eigenvalue weighted by molar-refractivity contribution is -0.131. The molecule has 0 aromatic heterocycles. The van der Waals surface area contributed by atoms with Gasteiger partial charge in [-0.15, -0.1) is 0 Å². The molecule has 0 aromatic carbocycles. The Labute approximate surface area is 170 Å². The van der Waals surface area contributed by atoms with E-state index in [1.807, 2.05) is 4.90 Å². The number of guanidine groups is 1. The molecule has 28 heavy (non-hydrogen) atoms. The Hall–Kier alpha value is -1.34. The van der Waals surface area contributed by atoms with E-state index in [9.17, 15) is 4.79 Å². The second kappa shape index (κ2) is 10.4. The largest absolute Gasteiger partial charge is 0.382 e. The molecular weight excluding hydrogens is 354 g/mol. The Balaban J connectivity index is 1.45. The number of rotatable bonds is 9. The average Bonchev–Trinajstić information content (AvgIpc) is 3.25. The molecule has 2 heterocycles. The number of piperazine rings is 1. The van der Waals surface area contributed by atoms with Gasteiger partial charge < -0.3 is 19.9 Å². The van der Waals surface area contributed by atoms with Gasteiger partial charge in [-0.25, -0.2) is 0 Å². The third-order valence-corrected chi connectivity index (χ3v) is 6.33.